The predicted molar refractivity (Wildman–Crippen MR) is 138 cm³/mol. The van der Waals surface area contributed by atoms with E-state index in [1.54, 1.807) is 54.3 Å². The zero-order valence-electron chi connectivity index (χ0n) is 19.6. The average Bonchev–Trinajstić information content (AvgIpc) is 3.23. The van der Waals surface area contributed by atoms with Crippen LogP contribution in [0.25, 0.3) is 0 Å². The Morgan fingerprint density at radius 1 is 1.20 bits per heavy atom. The van der Waals surface area contributed by atoms with Crippen LogP contribution in [0.4, 0.5) is 11.4 Å². The molecule has 1 aromatic heterocycles. The maximum Gasteiger partial charge on any atom is 0.264 e. The number of benzene rings is 2. The second kappa shape index (κ2) is 10.3. The minimum atomic E-state index is -3.85. The number of anilines is 1. The van der Waals surface area contributed by atoms with Crippen molar-refractivity contribution in [3.05, 3.63) is 70.7 Å². The van der Waals surface area contributed by atoms with Crippen molar-refractivity contribution in [1.29, 1.82) is 0 Å². The molecular formula is C25H28N4O4S2. The lowest BCUT2D eigenvalue weighted by atomic mass is 9.85. The summed E-state index contributed by atoms with van der Waals surface area (Å²) >= 11 is 1.39. The molecule has 2 N–H and O–H groups in total. The van der Waals surface area contributed by atoms with Gasteiger partial charge in [-0.3, -0.25) is 14.5 Å². The fourth-order valence-electron chi connectivity index (χ4n) is 4.14. The maximum atomic E-state index is 13.0. The first-order chi connectivity index (χ1) is 16.7. The van der Waals surface area contributed by atoms with E-state index >= 15 is 0 Å². The number of aryl methyl sites for hydroxylation is 1. The molecule has 0 radical (unpaired) electrons. The third-order valence-electron chi connectivity index (χ3n) is 6.16. The largest absolute Gasteiger partial charge is 0.389 e. The number of amides is 1. The SMILES string of the molecule is C/C=N\c1ccccc1S(=O)(=O)Nc1ccc(C(=O)N2CCC(O)(Cc3csnc3C)CC2)cc1. The van der Waals surface area contributed by atoms with Gasteiger partial charge in [-0.2, -0.15) is 4.37 Å². The summed E-state index contributed by atoms with van der Waals surface area (Å²) in [6.45, 7) is 4.57. The van der Waals surface area contributed by atoms with E-state index < -0.39 is 15.6 Å². The molecule has 1 amide bonds. The van der Waals surface area contributed by atoms with Crippen molar-refractivity contribution in [3.63, 3.8) is 0 Å². The summed E-state index contributed by atoms with van der Waals surface area (Å²) < 4.78 is 32.6. The van der Waals surface area contributed by atoms with Crippen LogP contribution in [0.1, 0.15) is 41.4 Å². The lowest BCUT2D eigenvalue weighted by molar-refractivity contribution is -0.0163. The molecule has 0 aliphatic carbocycles. The quantitative estimate of drug-likeness (QED) is 0.461. The van der Waals surface area contributed by atoms with Gasteiger partial charge < -0.3 is 10.0 Å². The molecule has 1 fully saturated rings. The monoisotopic (exact) mass is 512 g/mol. The smallest absolute Gasteiger partial charge is 0.264 e. The number of sulfonamides is 1. The number of carbonyl (C=O) groups excluding carboxylic acids is 1. The van der Waals surface area contributed by atoms with Gasteiger partial charge in [-0.25, -0.2) is 8.42 Å². The lowest BCUT2D eigenvalue weighted by Crippen LogP contribution is -2.47. The summed E-state index contributed by atoms with van der Waals surface area (Å²) in [5, 5.41) is 13.0. The first kappa shape index (κ1) is 25.0. The molecule has 1 aliphatic heterocycles. The van der Waals surface area contributed by atoms with Gasteiger partial charge in [0.25, 0.3) is 15.9 Å². The molecule has 3 aromatic rings. The Morgan fingerprint density at radius 3 is 2.51 bits per heavy atom. The number of nitrogens with zero attached hydrogens (tertiary/aromatic N) is 3. The zero-order valence-corrected chi connectivity index (χ0v) is 21.3. The van der Waals surface area contributed by atoms with Gasteiger partial charge in [-0.1, -0.05) is 12.1 Å². The van der Waals surface area contributed by atoms with Crippen molar-refractivity contribution in [2.75, 3.05) is 17.8 Å². The number of aliphatic imine (C=N–C) groups is 1. The van der Waals surface area contributed by atoms with Gasteiger partial charge in [-0.05, 0) is 80.2 Å². The van der Waals surface area contributed by atoms with E-state index in [2.05, 4.69) is 14.1 Å². The zero-order chi connectivity index (χ0) is 25.1. The Hall–Kier alpha value is -3.08. The highest BCUT2D eigenvalue weighted by atomic mass is 32.2. The molecular weight excluding hydrogens is 484 g/mol. The Morgan fingerprint density at radius 2 is 1.89 bits per heavy atom. The highest BCUT2D eigenvalue weighted by Gasteiger charge is 2.35. The summed E-state index contributed by atoms with van der Waals surface area (Å²) in [6.07, 6.45) is 3.06. The Balaban J connectivity index is 1.39. The third-order valence-corrected chi connectivity index (χ3v) is 8.36. The van der Waals surface area contributed by atoms with Gasteiger partial charge >= 0.3 is 0 Å². The first-order valence-corrected chi connectivity index (χ1v) is 13.6. The number of aliphatic hydroxyl groups is 1. The predicted octanol–water partition coefficient (Wildman–Crippen LogP) is 4.18. The van der Waals surface area contributed by atoms with Crippen molar-refractivity contribution in [2.45, 2.75) is 43.6 Å². The molecule has 4 rings (SSSR count). The standard InChI is InChI=1S/C25H28N4O4S2/c1-3-26-22-6-4-5-7-23(22)35(32,33)28-21-10-8-19(9-11-21)24(30)29-14-12-25(31,13-15-29)16-20-17-34-27-18(20)2/h3-11,17,28,31H,12-16H2,1-2H3/b26-3-. The molecule has 10 heteroatoms. The fourth-order valence-corrected chi connectivity index (χ4v) is 6.06. The van der Waals surface area contributed by atoms with Crippen LogP contribution in [-0.2, 0) is 16.4 Å². The van der Waals surface area contributed by atoms with Gasteiger partial charge in [0.05, 0.1) is 17.0 Å². The summed E-state index contributed by atoms with van der Waals surface area (Å²) in [5.74, 6) is -0.141. The van der Waals surface area contributed by atoms with Crippen LogP contribution in [0.2, 0.25) is 0 Å². The molecule has 0 saturated carbocycles. The Labute approximate surface area is 209 Å². The van der Waals surface area contributed by atoms with E-state index in [1.807, 2.05) is 12.3 Å². The molecule has 0 bridgehead atoms. The molecule has 0 unspecified atom stereocenters. The molecule has 0 atom stereocenters. The molecule has 184 valence electrons. The normalized spacial score (nSPS) is 15.9. The number of hydrogen-bond acceptors (Lipinski definition) is 7. The summed E-state index contributed by atoms with van der Waals surface area (Å²) in [5.41, 5.74) is 2.32. The molecule has 35 heavy (non-hydrogen) atoms. The molecule has 1 saturated heterocycles. The highest BCUT2D eigenvalue weighted by molar-refractivity contribution is 7.92. The highest BCUT2D eigenvalue weighted by Crippen LogP contribution is 2.29. The first-order valence-electron chi connectivity index (χ1n) is 11.3. The number of carbonyl (C=O) groups is 1. The number of rotatable bonds is 7. The van der Waals surface area contributed by atoms with Crippen LogP contribution < -0.4 is 4.72 Å². The summed E-state index contributed by atoms with van der Waals surface area (Å²) in [6, 6.07) is 12.9. The van der Waals surface area contributed by atoms with Crippen LogP contribution in [-0.4, -0.2) is 53.6 Å². The second-order valence-electron chi connectivity index (χ2n) is 8.66. The lowest BCUT2D eigenvalue weighted by Gasteiger charge is -2.38. The van der Waals surface area contributed by atoms with E-state index in [9.17, 15) is 18.3 Å². The van der Waals surface area contributed by atoms with Gasteiger partial charge in [0, 0.05) is 42.4 Å². The number of piperidine rings is 1. The van der Waals surface area contributed by atoms with Crippen molar-refractivity contribution >= 4 is 45.1 Å². The van der Waals surface area contributed by atoms with E-state index in [0.29, 0.717) is 49.3 Å². The van der Waals surface area contributed by atoms with Crippen molar-refractivity contribution in [2.24, 2.45) is 4.99 Å². The number of hydrogen-bond donors (Lipinski definition) is 2. The molecule has 2 heterocycles. The molecule has 2 aromatic carbocycles. The van der Waals surface area contributed by atoms with Crippen LogP contribution >= 0.6 is 11.5 Å². The van der Waals surface area contributed by atoms with Gasteiger partial charge in [0.15, 0.2) is 0 Å². The van der Waals surface area contributed by atoms with Crippen LogP contribution in [0.3, 0.4) is 0 Å². The van der Waals surface area contributed by atoms with E-state index in [4.69, 9.17) is 0 Å². The third kappa shape index (κ3) is 5.77. The molecule has 8 nitrogen and oxygen atoms in total. The van der Waals surface area contributed by atoms with E-state index in [-0.39, 0.29) is 10.8 Å². The molecule has 0 spiro atoms. The number of likely N-dealkylation sites (tertiary alicyclic amines) is 1. The van der Waals surface area contributed by atoms with Gasteiger partial charge in [0.2, 0.25) is 0 Å². The van der Waals surface area contributed by atoms with Crippen LogP contribution in [0.15, 0.2) is 63.8 Å². The number of para-hydroxylation sites is 1. The number of nitrogens with one attached hydrogen (secondary N) is 1. The summed E-state index contributed by atoms with van der Waals surface area (Å²) in [7, 11) is -3.85. The van der Waals surface area contributed by atoms with Crippen molar-refractivity contribution in [3.8, 4) is 0 Å². The molecule has 1 aliphatic rings. The average molecular weight is 513 g/mol. The van der Waals surface area contributed by atoms with Crippen molar-refractivity contribution in [1.82, 2.24) is 9.27 Å². The van der Waals surface area contributed by atoms with E-state index in [1.165, 1.54) is 23.8 Å². The van der Waals surface area contributed by atoms with Crippen LogP contribution in [0, 0.1) is 6.92 Å². The maximum absolute atomic E-state index is 13.0. The number of aromatic nitrogens is 1. The minimum Gasteiger partial charge on any atom is -0.389 e. The minimum absolute atomic E-state index is 0.0764. The fraction of sp³-hybridized carbons (Fsp3) is 0.320. The Kier molecular flexibility index (Phi) is 7.34. The van der Waals surface area contributed by atoms with Crippen LogP contribution in [0.5, 0.6) is 0 Å². The van der Waals surface area contributed by atoms with Gasteiger partial charge in [-0.15, -0.1) is 0 Å². The Bertz CT molecular complexity index is 1330. The summed E-state index contributed by atoms with van der Waals surface area (Å²) in [4.78, 5) is 18.9. The van der Waals surface area contributed by atoms with E-state index in [0.717, 1.165) is 11.3 Å². The second-order valence-corrected chi connectivity index (χ2v) is 10.9. The van der Waals surface area contributed by atoms with Gasteiger partial charge in [0.1, 0.15) is 4.90 Å². The van der Waals surface area contributed by atoms with Crippen molar-refractivity contribution < 1.29 is 18.3 Å². The topological polar surface area (TPSA) is 112 Å².